The molecule has 10 nitrogen and oxygen atoms in total. The van der Waals surface area contributed by atoms with Crippen LogP contribution in [0.4, 0.5) is 33.3 Å². The molecule has 2 aliphatic rings. The van der Waals surface area contributed by atoms with E-state index in [0.717, 1.165) is 18.1 Å². The lowest BCUT2D eigenvalue weighted by Crippen LogP contribution is -2.70. The van der Waals surface area contributed by atoms with E-state index in [4.69, 9.17) is 0 Å². The van der Waals surface area contributed by atoms with Gasteiger partial charge < -0.3 is 15.3 Å². The number of carbonyl (C=O) groups is 2. The fourth-order valence-corrected chi connectivity index (χ4v) is 5.62. The number of aryl methyl sites for hydroxylation is 1. The number of alkyl halides is 5. The molecule has 0 atom stereocenters. The summed E-state index contributed by atoms with van der Waals surface area (Å²) in [6, 6.07) is 5.06. The number of nitrogens with zero attached hydrogens (tertiary/aromatic N) is 6. The van der Waals surface area contributed by atoms with Crippen LogP contribution in [0.2, 0.25) is 0 Å². The highest BCUT2D eigenvalue weighted by Gasteiger charge is 2.63. The highest BCUT2D eigenvalue weighted by Crippen LogP contribution is 2.56. The van der Waals surface area contributed by atoms with Gasteiger partial charge >= 0.3 is 6.18 Å². The normalized spacial score (nSPS) is 17.3. The summed E-state index contributed by atoms with van der Waals surface area (Å²) in [5.74, 6) is -2.58. The number of fused-ring (bicyclic) bond motifs is 1. The van der Waals surface area contributed by atoms with E-state index in [1.54, 1.807) is 23.6 Å². The van der Waals surface area contributed by atoms with E-state index in [2.05, 4.69) is 25.3 Å². The molecule has 5 heterocycles. The van der Waals surface area contributed by atoms with Gasteiger partial charge in [-0.15, -0.1) is 0 Å². The van der Waals surface area contributed by atoms with Crippen LogP contribution in [0.25, 0.3) is 17.0 Å². The Morgan fingerprint density at radius 1 is 1.02 bits per heavy atom. The molecule has 1 aliphatic heterocycles. The molecule has 0 aromatic carbocycles. The molecule has 4 aromatic rings. The van der Waals surface area contributed by atoms with Gasteiger partial charge in [0.15, 0.2) is 5.82 Å². The number of hydrogen-bond donors (Lipinski definition) is 2. The molecule has 1 spiro atoms. The van der Waals surface area contributed by atoms with Crippen molar-refractivity contribution in [1.29, 1.82) is 0 Å². The van der Waals surface area contributed by atoms with E-state index in [1.165, 1.54) is 18.5 Å². The largest absolute Gasteiger partial charge is 0.454 e. The summed E-state index contributed by atoms with van der Waals surface area (Å²) in [4.78, 5) is 42.8. The molecule has 2 N–H and O–H groups in total. The van der Waals surface area contributed by atoms with Gasteiger partial charge in [-0.3, -0.25) is 19.0 Å². The third-order valence-electron chi connectivity index (χ3n) is 7.67. The van der Waals surface area contributed by atoms with Gasteiger partial charge in [-0.25, -0.2) is 23.7 Å². The standard InChI is InChI=1S/C27H22F5N7O3/c1-14-18(4-15(5-33-14)22-35-6-16(7-36-22)21(40)27(30,31)32)37-23(41)19-8-34-20-3-2-17(9-39(19)20)38-12-25(13-38)10-26(42,11-25)24(28)29/h2-9,24,42H,10-13H2,1H3,(H,37,41). The number of aromatic nitrogens is 5. The maximum absolute atomic E-state index is 13.3. The Morgan fingerprint density at radius 2 is 1.71 bits per heavy atom. The maximum atomic E-state index is 13.3. The number of Topliss-reactive ketones (excluding diaryl/α,β-unsaturated/α-hetero) is 1. The fourth-order valence-electron chi connectivity index (χ4n) is 5.62. The Balaban J connectivity index is 1.18. The highest BCUT2D eigenvalue weighted by molar-refractivity contribution is 6.04. The quantitative estimate of drug-likeness (QED) is 0.255. The van der Waals surface area contributed by atoms with Crippen LogP contribution in [0.15, 0.2) is 49.2 Å². The van der Waals surface area contributed by atoms with E-state index in [0.29, 0.717) is 35.7 Å². The second kappa shape index (κ2) is 9.51. The van der Waals surface area contributed by atoms with Crippen molar-refractivity contribution >= 4 is 28.7 Å². The Kier molecular flexibility index (Phi) is 6.25. The van der Waals surface area contributed by atoms with Crippen LogP contribution < -0.4 is 10.2 Å². The molecule has 0 bridgehead atoms. The number of amides is 1. The van der Waals surface area contributed by atoms with E-state index < -0.39 is 35.5 Å². The summed E-state index contributed by atoms with van der Waals surface area (Å²) in [6.07, 6.45) is -1.69. The van der Waals surface area contributed by atoms with Crippen LogP contribution in [0.5, 0.6) is 0 Å². The average Bonchev–Trinajstić information content (AvgIpc) is 3.33. The zero-order valence-electron chi connectivity index (χ0n) is 21.9. The molecule has 0 unspecified atom stereocenters. The molecule has 218 valence electrons. The molecule has 2 fully saturated rings. The van der Waals surface area contributed by atoms with Gasteiger partial charge in [0, 0.05) is 48.9 Å². The van der Waals surface area contributed by atoms with Gasteiger partial charge in [0.2, 0.25) is 0 Å². The molecule has 1 saturated carbocycles. The maximum Gasteiger partial charge on any atom is 0.454 e. The number of rotatable bonds is 6. The zero-order valence-corrected chi connectivity index (χ0v) is 21.9. The lowest BCUT2D eigenvalue weighted by molar-refractivity contribution is -0.209. The number of pyridine rings is 2. The first kappa shape index (κ1) is 27.6. The number of imidazole rings is 1. The molecule has 1 aliphatic carbocycles. The summed E-state index contributed by atoms with van der Waals surface area (Å²) in [5, 5.41) is 12.7. The topological polar surface area (TPSA) is 126 Å². The number of nitrogens with one attached hydrogen (secondary N) is 1. The molecule has 6 rings (SSSR count). The van der Waals surface area contributed by atoms with Crippen molar-refractivity contribution < 1.29 is 36.6 Å². The second-order valence-electron chi connectivity index (χ2n) is 10.8. The third kappa shape index (κ3) is 4.72. The van der Waals surface area contributed by atoms with Crippen molar-refractivity contribution in [3.63, 3.8) is 0 Å². The van der Waals surface area contributed by atoms with Crippen LogP contribution in [-0.2, 0) is 0 Å². The average molecular weight is 588 g/mol. The van der Waals surface area contributed by atoms with Gasteiger partial charge in [-0.05, 0) is 38.0 Å². The van der Waals surface area contributed by atoms with Crippen LogP contribution in [0, 0.1) is 12.3 Å². The number of anilines is 2. The molecule has 1 amide bonds. The predicted octanol–water partition coefficient (Wildman–Crippen LogP) is 4.09. The first-order valence-corrected chi connectivity index (χ1v) is 12.7. The van der Waals surface area contributed by atoms with Crippen LogP contribution >= 0.6 is 0 Å². The van der Waals surface area contributed by atoms with E-state index >= 15 is 0 Å². The van der Waals surface area contributed by atoms with Crippen molar-refractivity contribution in [2.75, 3.05) is 23.3 Å². The Labute approximate surface area is 234 Å². The van der Waals surface area contributed by atoms with Gasteiger partial charge in [0.05, 0.1) is 28.8 Å². The van der Waals surface area contributed by atoms with Crippen molar-refractivity contribution in [2.45, 2.75) is 38.0 Å². The first-order chi connectivity index (χ1) is 19.8. The summed E-state index contributed by atoms with van der Waals surface area (Å²) in [6.45, 7) is 2.66. The van der Waals surface area contributed by atoms with Gasteiger partial charge in [-0.1, -0.05) is 0 Å². The van der Waals surface area contributed by atoms with Crippen molar-refractivity contribution in [2.24, 2.45) is 5.41 Å². The molecule has 42 heavy (non-hydrogen) atoms. The third-order valence-corrected chi connectivity index (χ3v) is 7.67. The Morgan fingerprint density at radius 3 is 2.36 bits per heavy atom. The van der Waals surface area contributed by atoms with Crippen LogP contribution in [0.3, 0.4) is 0 Å². The van der Waals surface area contributed by atoms with Crippen LogP contribution in [0.1, 0.15) is 39.4 Å². The zero-order chi connectivity index (χ0) is 30.0. The SMILES string of the molecule is Cc1ncc(-c2ncc(C(=O)C(F)(F)F)cn2)cc1NC(=O)c1cnc2ccc(N3CC4(C3)CC(O)(C(F)F)C4)cn12. The van der Waals surface area contributed by atoms with Gasteiger partial charge in [0.25, 0.3) is 18.1 Å². The number of carbonyl (C=O) groups excluding carboxylic acids is 2. The molecule has 1 saturated heterocycles. The number of aliphatic hydroxyl groups is 1. The summed E-state index contributed by atoms with van der Waals surface area (Å²) in [5.41, 5.74) is -0.470. The van der Waals surface area contributed by atoms with Crippen molar-refractivity contribution in [3.05, 3.63) is 66.1 Å². The van der Waals surface area contributed by atoms with Gasteiger partial charge in [0.1, 0.15) is 16.9 Å². The number of ketones is 1. The lowest BCUT2D eigenvalue weighted by Gasteiger charge is -2.62. The summed E-state index contributed by atoms with van der Waals surface area (Å²) >= 11 is 0. The fraction of sp³-hybridized carbons (Fsp3) is 0.333. The van der Waals surface area contributed by atoms with Crippen molar-refractivity contribution in [1.82, 2.24) is 24.3 Å². The van der Waals surface area contributed by atoms with E-state index in [1.807, 2.05) is 11.0 Å². The van der Waals surface area contributed by atoms with Gasteiger partial charge in [-0.2, -0.15) is 13.2 Å². The van der Waals surface area contributed by atoms with Crippen LogP contribution in [-0.4, -0.2) is 72.4 Å². The first-order valence-electron chi connectivity index (χ1n) is 12.7. The summed E-state index contributed by atoms with van der Waals surface area (Å²) in [7, 11) is 0. The Bertz CT molecular complexity index is 1710. The minimum Gasteiger partial charge on any atom is -0.384 e. The second-order valence-corrected chi connectivity index (χ2v) is 10.8. The highest BCUT2D eigenvalue weighted by atomic mass is 19.4. The Hall–Kier alpha value is -4.53. The monoisotopic (exact) mass is 587 g/mol. The van der Waals surface area contributed by atoms with E-state index in [9.17, 15) is 36.6 Å². The molecule has 0 radical (unpaired) electrons. The number of halogens is 5. The van der Waals surface area contributed by atoms with E-state index in [-0.39, 0.29) is 29.8 Å². The number of hydrogen-bond acceptors (Lipinski definition) is 8. The molecular formula is C27H22F5N7O3. The smallest absolute Gasteiger partial charge is 0.384 e. The summed E-state index contributed by atoms with van der Waals surface area (Å²) < 4.78 is 65.7. The molecular weight excluding hydrogens is 565 g/mol. The minimum atomic E-state index is -5.05. The minimum absolute atomic E-state index is 0.00180. The lowest BCUT2D eigenvalue weighted by atomic mass is 9.55. The molecule has 15 heteroatoms. The predicted molar refractivity (Wildman–Crippen MR) is 138 cm³/mol. The van der Waals surface area contributed by atoms with Crippen molar-refractivity contribution in [3.8, 4) is 11.4 Å². The molecule has 4 aromatic heterocycles.